The molecule has 0 N–H and O–H groups in total. The molecule has 0 atom stereocenters. The molecule has 2 heteroatoms. The van der Waals surface area contributed by atoms with Crippen LogP contribution in [-0.4, -0.2) is 9.38 Å². The van der Waals surface area contributed by atoms with Gasteiger partial charge >= 0.3 is 0 Å². The zero-order valence-electron chi connectivity index (χ0n) is 8.19. The highest BCUT2D eigenvalue weighted by Crippen LogP contribution is 2.09. The van der Waals surface area contributed by atoms with Crippen LogP contribution >= 0.6 is 0 Å². The summed E-state index contributed by atoms with van der Waals surface area (Å²) in [5.74, 6) is 0. The van der Waals surface area contributed by atoms with Crippen LogP contribution in [-0.2, 0) is 6.42 Å². The van der Waals surface area contributed by atoms with Crippen LogP contribution in [0.5, 0.6) is 0 Å². The maximum absolute atomic E-state index is 4.13. The van der Waals surface area contributed by atoms with Gasteiger partial charge in [-0.1, -0.05) is 12.1 Å². The Bertz CT molecular complexity index is 429. The van der Waals surface area contributed by atoms with E-state index in [1.54, 1.807) is 0 Å². The monoisotopic (exact) mass is 186 g/mol. The molecule has 72 valence electrons. The molecule has 0 saturated carbocycles. The molecule has 2 aromatic heterocycles. The first-order valence-electron chi connectivity index (χ1n) is 4.92. The second-order valence-electron chi connectivity index (χ2n) is 3.39. The fourth-order valence-corrected chi connectivity index (χ4v) is 1.64. The number of hydrogen-bond acceptors (Lipinski definition) is 1. The van der Waals surface area contributed by atoms with Crippen LogP contribution in [0.25, 0.3) is 5.52 Å². The van der Waals surface area contributed by atoms with E-state index in [2.05, 4.69) is 34.2 Å². The minimum atomic E-state index is 1.07. The fourth-order valence-electron chi connectivity index (χ4n) is 1.64. The van der Waals surface area contributed by atoms with Crippen molar-refractivity contribution >= 4 is 5.52 Å². The molecule has 0 aliphatic carbocycles. The Balaban J connectivity index is 2.23. The Morgan fingerprint density at radius 2 is 2.36 bits per heavy atom. The fraction of sp³-hybridized carbons (Fsp3) is 0.250. The standard InChI is InChI=1S/C12H14N2/c1-2-3-4-6-11-7-5-8-12-9-13-10-14(11)12/h2,5,7-10H,1,3-4,6H2. The summed E-state index contributed by atoms with van der Waals surface area (Å²) in [6.45, 7) is 3.73. The van der Waals surface area contributed by atoms with Crippen molar-refractivity contribution in [2.24, 2.45) is 0 Å². The third-order valence-corrected chi connectivity index (χ3v) is 2.37. The highest BCUT2D eigenvalue weighted by atomic mass is 15.0. The van der Waals surface area contributed by atoms with E-state index in [0.717, 1.165) is 19.3 Å². The maximum Gasteiger partial charge on any atom is 0.0994 e. The number of aromatic nitrogens is 2. The molecule has 2 aromatic rings. The molecule has 0 aliphatic heterocycles. The Labute approximate surface area is 83.9 Å². The lowest BCUT2D eigenvalue weighted by molar-refractivity contribution is 0.804. The maximum atomic E-state index is 4.13. The lowest BCUT2D eigenvalue weighted by atomic mass is 10.1. The average molecular weight is 186 g/mol. The van der Waals surface area contributed by atoms with Crippen molar-refractivity contribution in [2.45, 2.75) is 19.3 Å². The molecule has 2 heterocycles. The van der Waals surface area contributed by atoms with Crippen molar-refractivity contribution in [3.63, 3.8) is 0 Å². The topological polar surface area (TPSA) is 17.3 Å². The van der Waals surface area contributed by atoms with E-state index in [4.69, 9.17) is 0 Å². The van der Waals surface area contributed by atoms with E-state index >= 15 is 0 Å². The van der Waals surface area contributed by atoms with Crippen molar-refractivity contribution in [3.8, 4) is 0 Å². The summed E-state index contributed by atoms with van der Waals surface area (Å²) in [6.07, 6.45) is 9.04. The Hall–Kier alpha value is -1.57. The predicted molar refractivity (Wildman–Crippen MR) is 58.3 cm³/mol. The highest BCUT2D eigenvalue weighted by molar-refractivity contribution is 5.45. The summed E-state index contributed by atoms with van der Waals surface area (Å²) < 4.78 is 2.14. The average Bonchev–Trinajstić information content (AvgIpc) is 2.67. The largest absolute Gasteiger partial charge is 0.303 e. The first kappa shape index (κ1) is 9.00. The van der Waals surface area contributed by atoms with Crippen LogP contribution in [0.2, 0.25) is 0 Å². The number of imidazole rings is 1. The summed E-state index contributed by atoms with van der Waals surface area (Å²) >= 11 is 0. The molecule has 0 fully saturated rings. The summed E-state index contributed by atoms with van der Waals surface area (Å²) in [6, 6.07) is 6.31. The van der Waals surface area contributed by atoms with Gasteiger partial charge in [0, 0.05) is 5.69 Å². The second kappa shape index (κ2) is 4.09. The molecule has 2 rings (SSSR count). The third-order valence-electron chi connectivity index (χ3n) is 2.37. The van der Waals surface area contributed by atoms with Crippen molar-refractivity contribution in [3.05, 3.63) is 49.1 Å². The third kappa shape index (κ3) is 1.69. The number of unbranched alkanes of at least 4 members (excludes halogenated alkanes) is 1. The van der Waals surface area contributed by atoms with E-state index in [1.807, 2.05) is 18.6 Å². The SMILES string of the molecule is C=CCCCc1cccc2cncn12. The molecule has 0 aliphatic rings. The molecule has 0 bridgehead atoms. The number of pyridine rings is 1. The van der Waals surface area contributed by atoms with E-state index in [0.29, 0.717) is 0 Å². The predicted octanol–water partition coefficient (Wildman–Crippen LogP) is 2.84. The molecule has 0 saturated heterocycles. The second-order valence-corrected chi connectivity index (χ2v) is 3.39. The molecule has 0 unspecified atom stereocenters. The van der Waals surface area contributed by atoms with Crippen LogP contribution in [0.4, 0.5) is 0 Å². The summed E-state index contributed by atoms with van der Waals surface area (Å²) in [7, 11) is 0. The molecular weight excluding hydrogens is 172 g/mol. The van der Waals surface area contributed by atoms with Gasteiger partial charge in [-0.05, 0) is 31.4 Å². The zero-order chi connectivity index (χ0) is 9.80. The van der Waals surface area contributed by atoms with Crippen LogP contribution in [0, 0.1) is 0 Å². The van der Waals surface area contributed by atoms with Gasteiger partial charge in [0.25, 0.3) is 0 Å². The van der Waals surface area contributed by atoms with Crippen molar-refractivity contribution < 1.29 is 0 Å². The first-order valence-corrected chi connectivity index (χ1v) is 4.92. The minimum absolute atomic E-state index is 1.07. The number of rotatable bonds is 4. The molecule has 0 radical (unpaired) electrons. The van der Waals surface area contributed by atoms with Gasteiger partial charge in [-0.2, -0.15) is 0 Å². The van der Waals surface area contributed by atoms with Gasteiger partial charge in [0.05, 0.1) is 18.0 Å². The first-order chi connectivity index (χ1) is 6.92. The zero-order valence-corrected chi connectivity index (χ0v) is 8.19. The summed E-state index contributed by atoms with van der Waals surface area (Å²) in [4.78, 5) is 4.13. The van der Waals surface area contributed by atoms with Gasteiger partial charge in [0.1, 0.15) is 0 Å². The number of hydrogen-bond donors (Lipinski definition) is 0. The van der Waals surface area contributed by atoms with Crippen molar-refractivity contribution in [2.75, 3.05) is 0 Å². The number of aryl methyl sites for hydroxylation is 1. The van der Waals surface area contributed by atoms with Gasteiger partial charge in [-0.3, -0.25) is 0 Å². The molecule has 0 aromatic carbocycles. The van der Waals surface area contributed by atoms with E-state index in [9.17, 15) is 0 Å². The van der Waals surface area contributed by atoms with Gasteiger partial charge in [0.15, 0.2) is 0 Å². The minimum Gasteiger partial charge on any atom is -0.303 e. The van der Waals surface area contributed by atoms with Gasteiger partial charge < -0.3 is 4.40 Å². The summed E-state index contributed by atoms with van der Waals surface area (Å²) in [5.41, 5.74) is 2.49. The molecule has 14 heavy (non-hydrogen) atoms. The van der Waals surface area contributed by atoms with E-state index in [1.165, 1.54) is 11.2 Å². The van der Waals surface area contributed by atoms with Gasteiger partial charge in [-0.15, -0.1) is 6.58 Å². The highest BCUT2D eigenvalue weighted by Gasteiger charge is 1.98. The van der Waals surface area contributed by atoms with Crippen molar-refractivity contribution in [1.29, 1.82) is 0 Å². The van der Waals surface area contributed by atoms with Crippen LogP contribution in [0.15, 0.2) is 43.4 Å². The smallest absolute Gasteiger partial charge is 0.0994 e. The molecular formula is C12H14N2. The van der Waals surface area contributed by atoms with Gasteiger partial charge in [-0.25, -0.2) is 4.98 Å². The Kier molecular flexibility index (Phi) is 2.63. The van der Waals surface area contributed by atoms with Crippen LogP contribution < -0.4 is 0 Å². The summed E-state index contributed by atoms with van der Waals surface area (Å²) in [5, 5.41) is 0. The number of fused-ring (bicyclic) bond motifs is 1. The van der Waals surface area contributed by atoms with E-state index in [-0.39, 0.29) is 0 Å². The lowest BCUT2D eigenvalue weighted by Gasteiger charge is -2.03. The Morgan fingerprint density at radius 1 is 1.43 bits per heavy atom. The molecule has 0 spiro atoms. The quantitative estimate of drug-likeness (QED) is 0.530. The van der Waals surface area contributed by atoms with Crippen LogP contribution in [0.1, 0.15) is 18.5 Å². The lowest BCUT2D eigenvalue weighted by Crippen LogP contribution is -1.94. The van der Waals surface area contributed by atoms with Crippen molar-refractivity contribution in [1.82, 2.24) is 9.38 Å². The molecule has 2 nitrogen and oxygen atoms in total. The number of allylic oxidation sites excluding steroid dienone is 1. The molecule has 0 amide bonds. The van der Waals surface area contributed by atoms with Gasteiger partial charge in [0.2, 0.25) is 0 Å². The van der Waals surface area contributed by atoms with E-state index < -0.39 is 0 Å². The van der Waals surface area contributed by atoms with Crippen LogP contribution in [0.3, 0.4) is 0 Å². The number of nitrogens with zero attached hydrogens (tertiary/aromatic N) is 2. The normalized spacial score (nSPS) is 10.6. The Morgan fingerprint density at radius 3 is 3.21 bits per heavy atom.